The smallest absolute Gasteiger partial charge is 0.313 e. The molecule has 1 aromatic heterocycles. The number of aryl methyl sites for hydroxylation is 1. The van der Waals surface area contributed by atoms with Crippen LogP contribution in [0.5, 0.6) is 0 Å². The average Bonchev–Trinajstić information content (AvgIpc) is 2.77. The van der Waals surface area contributed by atoms with Crippen molar-refractivity contribution in [3.05, 3.63) is 11.9 Å². The summed E-state index contributed by atoms with van der Waals surface area (Å²) in [5.41, 5.74) is 0.236. The van der Waals surface area contributed by atoms with Crippen molar-refractivity contribution in [3.63, 3.8) is 0 Å². The monoisotopic (exact) mass is 304 g/mol. The molecule has 0 amide bonds. The van der Waals surface area contributed by atoms with Crippen LogP contribution in [0.15, 0.2) is 11.4 Å². The number of hydrogen-bond acceptors (Lipinski definition) is 5. The molecule has 2 rings (SSSR count). The minimum absolute atomic E-state index is 0.0798. The normalized spacial score (nSPS) is 25.6. The summed E-state index contributed by atoms with van der Waals surface area (Å²) < 4.78 is 25.2. The second-order valence-corrected chi connectivity index (χ2v) is 8.18. The molecule has 0 bridgehead atoms. The molecular weight excluding hydrogens is 288 g/mol. The zero-order valence-electron chi connectivity index (χ0n) is 10.8. The van der Waals surface area contributed by atoms with Crippen LogP contribution in [0.25, 0.3) is 0 Å². The van der Waals surface area contributed by atoms with Crippen molar-refractivity contribution >= 4 is 27.6 Å². The summed E-state index contributed by atoms with van der Waals surface area (Å²) in [6.45, 7) is 3.69. The minimum Gasteiger partial charge on any atom is -0.481 e. The van der Waals surface area contributed by atoms with Gasteiger partial charge in [0.15, 0.2) is 15.0 Å². The van der Waals surface area contributed by atoms with E-state index in [-0.39, 0.29) is 17.3 Å². The second-order valence-electron chi connectivity index (χ2n) is 5.06. The van der Waals surface area contributed by atoms with E-state index >= 15 is 0 Å². The van der Waals surface area contributed by atoms with E-state index in [1.807, 2.05) is 18.4 Å². The van der Waals surface area contributed by atoms with Gasteiger partial charge in [-0.25, -0.2) is 13.4 Å². The van der Waals surface area contributed by atoms with Crippen LogP contribution in [-0.2, 0) is 20.2 Å². The number of carbonyl (C=O) groups is 1. The number of rotatable bonds is 4. The summed E-state index contributed by atoms with van der Waals surface area (Å²) in [7, 11) is -3.02. The van der Waals surface area contributed by atoms with Gasteiger partial charge in [0.05, 0.1) is 28.5 Å². The number of aliphatic carboxylic acids is 1. The molecule has 0 spiro atoms. The third kappa shape index (κ3) is 3.11. The zero-order valence-corrected chi connectivity index (χ0v) is 12.4. The first-order chi connectivity index (χ1) is 8.72. The highest BCUT2D eigenvalue weighted by molar-refractivity contribution is 7.99. The fourth-order valence-corrected chi connectivity index (χ4v) is 5.27. The fraction of sp³-hybridized carbons (Fsp3) is 0.636. The summed E-state index contributed by atoms with van der Waals surface area (Å²) in [6, 6.07) is 0. The maximum Gasteiger partial charge on any atom is 0.313 e. The summed E-state index contributed by atoms with van der Waals surface area (Å²) in [5.74, 6) is -0.749. The van der Waals surface area contributed by atoms with Crippen LogP contribution < -0.4 is 0 Å². The lowest BCUT2D eigenvalue weighted by molar-refractivity contribution is -0.133. The van der Waals surface area contributed by atoms with E-state index < -0.39 is 21.3 Å². The molecule has 2 heterocycles. The Morgan fingerprint density at radius 1 is 1.63 bits per heavy atom. The van der Waals surface area contributed by atoms with Gasteiger partial charge in [-0.3, -0.25) is 4.79 Å². The van der Waals surface area contributed by atoms with Crippen molar-refractivity contribution in [2.24, 2.45) is 0 Å². The maximum atomic E-state index is 11.7. The van der Waals surface area contributed by atoms with E-state index in [0.29, 0.717) is 11.6 Å². The van der Waals surface area contributed by atoms with E-state index in [1.54, 1.807) is 6.20 Å². The highest BCUT2D eigenvalue weighted by Gasteiger charge is 2.41. The Hall–Kier alpha value is -1.02. The van der Waals surface area contributed by atoms with E-state index in [4.69, 9.17) is 5.11 Å². The standard InChI is InChI=1S/C11H16N2O4S2/c1-8-5-13(10(12-8)18-6-9(14)15)11(2)3-4-19(16,17)7-11/h5H,3-4,6-7H2,1-2H3,(H,14,15). The summed E-state index contributed by atoms with van der Waals surface area (Å²) >= 11 is 1.12. The van der Waals surface area contributed by atoms with Crippen LogP contribution in [0, 0.1) is 6.92 Å². The van der Waals surface area contributed by atoms with Crippen molar-refractivity contribution in [3.8, 4) is 0 Å². The Morgan fingerprint density at radius 3 is 2.84 bits per heavy atom. The minimum atomic E-state index is -3.02. The Bertz CT molecular complexity index is 608. The molecule has 1 atom stereocenters. The molecule has 106 valence electrons. The van der Waals surface area contributed by atoms with Gasteiger partial charge in [0.25, 0.3) is 0 Å². The van der Waals surface area contributed by atoms with Gasteiger partial charge >= 0.3 is 5.97 Å². The highest BCUT2D eigenvalue weighted by Crippen LogP contribution is 2.34. The topological polar surface area (TPSA) is 89.3 Å². The molecule has 6 nitrogen and oxygen atoms in total. The Balaban J connectivity index is 2.32. The van der Waals surface area contributed by atoms with Crippen molar-refractivity contribution in [1.29, 1.82) is 0 Å². The molecule has 0 radical (unpaired) electrons. The van der Waals surface area contributed by atoms with Crippen LogP contribution in [0.1, 0.15) is 19.0 Å². The first-order valence-corrected chi connectivity index (χ1v) is 8.64. The molecular formula is C11H16N2O4S2. The summed E-state index contributed by atoms with van der Waals surface area (Å²) in [5, 5.41) is 9.30. The molecule has 1 aliphatic heterocycles. The van der Waals surface area contributed by atoms with Gasteiger partial charge in [-0.2, -0.15) is 0 Å². The molecule has 1 aromatic rings. The number of carboxylic acid groups (broad SMARTS) is 1. The van der Waals surface area contributed by atoms with Crippen LogP contribution in [0.2, 0.25) is 0 Å². The van der Waals surface area contributed by atoms with E-state index in [2.05, 4.69) is 4.98 Å². The lowest BCUT2D eigenvalue weighted by Crippen LogP contribution is -2.31. The predicted octanol–water partition coefficient (Wildman–Crippen LogP) is 0.902. The largest absolute Gasteiger partial charge is 0.481 e. The Morgan fingerprint density at radius 2 is 2.32 bits per heavy atom. The number of thioether (sulfide) groups is 1. The molecule has 0 aromatic carbocycles. The number of imidazole rings is 1. The van der Waals surface area contributed by atoms with Gasteiger partial charge in [0.1, 0.15) is 0 Å². The average molecular weight is 304 g/mol. The molecule has 1 fully saturated rings. The third-order valence-electron chi connectivity index (χ3n) is 3.18. The number of nitrogens with zero attached hydrogens (tertiary/aromatic N) is 2. The molecule has 1 N–H and O–H groups in total. The van der Waals surface area contributed by atoms with E-state index in [1.165, 1.54) is 0 Å². The number of aromatic nitrogens is 2. The molecule has 1 saturated heterocycles. The van der Waals surface area contributed by atoms with Gasteiger partial charge in [-0.05, 0) is 20.3 Å². The van der Waals surface area contributed by atoms with Gasteiger partial charge in [0, 0.05) is 6.20 Å². The van der Waals surface area contributed by atoms with Crippen molar-refractivity contribution in [1.82, 2.24) is 9.55 Å². The fourth-order valence-electron chi connectivity index (χ4n) is 2.27. The van der Waals surface area contributed by atoms with Crippen LogP contribution in [0.3, 0.4) is 0 Å². The molecule has 1 unspecified atom stereocenters. The maximum absolute atomic E-state index is 11.7. The highest BCUT2D eigenvalue weighted by atomic mass is 32.2. The van der Waals surface area contributed by atoms with Crippen molar-refractivity contribution in [2.45, 2.75) is 31.0 Å². The summed E-state index contributed by atoms with van der Waals surface area (Å²) in [6.07, 6.45) is 2.33. The molecule has 8 heteroatoms. The number of hydrogen-bond donors (Lipinski definition) is 1. The lowest BCUT2D eigenvalue weighted by atomic mass is 10.0. The van der Waals surface area contributed by atoms with E-state index in [0.717, 1.165) is 17.5 Å². The van der Waals surface area contributed by atoms with Gasteiger partial charge in [0.2, 0.25) is 0 Å². The SMILES string of the molecule is Cc1cn(C2(C)CCS(=O)(=O)C2)c(SCC(=O)O)n1. The lowest BCUT2D eigenvalue weighted by Gasteiger charge is -2.26. The second kappa shape index (κ2) is 4.82. The van der Waals surface area contributed by atoms with Gasteiger partial charge < -0.3 is 9.67 Å². The van der Waals surface area contributed by atoms with Crippen molar-refractivity contribution in [2.75, 3.05) is 17.3 Å². The number of sulfone groups is 1. The summed E-state index contributed by atoms with van der Waals surface area (Å²) in [4.78, 5) is 14.9. The first-order valence-electron chi connectivity index (χ1n) is 5.83. The molecule has 0 saturated carbocycles. The van der Waals surface area contributed by atoms with Crippen molar-refractivity contribution < 1.29 is 18.3 Å². The van der Waals surface area contributed by atoms with Crippen LogP contribution in [0.4, 0.5) is 0 Å². The Labute approximate surface area is 116 Å². The quantitative estimate of drug-likeness (QED) is 0.831. The predicted molar refractivity (Wildman–Crippen MR) is 72.2 cm³/mol. The van der Waals surface area contributed by atoms with Gasteiger partial charge in [-0.1, -0.05) is 11.8 Å². The molecule has 0 aliphatic carbocycles. The third-order valence-corrected chi connectivity index (χ3v) is 6.01. The molecule has 19 heavy (non-hydrogen) atoms. The Kier molecular flexibility index (Phi) is 3.65. The van der Waals surface area contributed by atoms with E-state index in [9.17, 15) is 13.2 Å². The van der Waals surface area contributed by atoms with Crippen LogP contribution >= 0.6 is 11.8 Å². The molecule has 1 aliphatic rings. The number of carboxylic acids is 1. The van der Waals surface area contributed by atoms with Gasteiger partial charge in [-0.15, -0.1) is 0 Å². The first kappa shape index (κ1) is 14.4. The zero-order chi connectivity index (χ0) is 14.3. The van der Waals surface area contributed by atoms with Crippen LogP contribution in [-0.4, -0.2) is 46.3 Å².